The molecule has 8 heteroatoms. The number of carbonyl (C=O) groups is 3. The van der Waals surface area contributed by atoms with Crippen LogP contribution in [-0.2, 0) is 14.4 Å². The van der Waals surface area contributed by atoms with E-state index in [2.05, 4.69) is 0 Å². The van der Waals surface area contributed by atoms with E-state index in [1.807, 2.05) is 0 Å². The summed E-state index contributed by atoms with van der Waals surface area (Å²) in [6.07, 6.45) is 0. The van der Waals surface area contributed by atoms with Crippen molar-refractivity contribution >= 4 is 17.9 Å². The Morgan fingerprint density at radius 2 is 0.875 bits per heavy atom. The van der Waals surface area contributed by atoms with Gasteiger partial charge in [-0.2, -0.15) is 0 Å². The molecule has 0 saturated heterocycles. The van der Waals surface area contributed by atoms with E-state index >= 15 is 0 Å². The van der Waals surface area contributed by atoms with E-state index in [0.29, 0.717) is 0 Å². The van der Waals surface area contributed by atoms with Crippen LogP contribution < -0.4 is 15.3 Å². The Morgan fingerprint density at radius 3 is 0.875 bits per heavy atom. The van der Waals surface area contributed by atoms with Gasteiger partial charge in [0.05, 0.1) is 0 Å². The van der Waals surface area contributed by atoms with Crippen LogP contribution >= 0.6 is 0 Å². The predicted octanol–water partition coefficient (Wildman–Crippen LogP) is -3.73. The molecular weight excluding hydrogens is 347 g/mol. The molecule has 0 radical (unpaired) electrons. The van der Waals surface area contributed by atoms with Crippen molar-refractivity contribution in [2.75, 3.05) is 6.61 Å². The summed E-state index contributed by atoms with van der Waals surface area (Å²) in [6.45, 7) is 4.85. The van der Waals surface area contributed by atoms with Crippen LogP contribution in [0, 0.1) is 35.6 Å². The molecule has 0 saturated carbocycles. The fraction of sp³-hybridized carbons (Fsp3) is 0.625. The summed E-state index contributed by atoms with van der Waals surface area (Å²) >= 11 is 0. The van der Waals surface area contributed by atoms with Crippen LogP contribution in [0.5, 0.6) is 0 Å². The van der Waals surface area contributed by atoms with Crippen molar-refractivity contribution in [2.45, 2.75) is 27.7 Å². The second-order valence-electron chi connectivity index (χ2n) is 1.79. The smallest absolute Gasteiger partial charge is 0.550 e. The van der Waals surface area contributed by atoms with Crippen LogP contribution in [-0.4, -0.2) is 29.6 Å². The standard InChI is InChI=1S/3C2H4O2.C2H6O.La/c3*1-2(3)4;1-2-3;/h3*1H3,(H,3,4);3H,2H2,1H3;/q;;;;+3/p-3. The number of aliphatic hydroxyl groups excluding tert-OH is 1. The minimum absolute atomic E-state index is 0. The van der Waals surface area contributed by atoms with Crippen molar-refractivity contribution in [3.8, 4) is 0 Å². The molecule has 92 valence electrons. The van der Waals surface area contributed by atoms with Gasteiger partial charge in [-0.05, 0) is 27.7 Å². The van der Waals surface area contributed by atoms with Crippen molar-refractivity contribution in [1.82, 2.24) is 0 Å². The zero-order valence-electron chi connectivity index (χ0n) is 9.68. The molecule has 7 nitrogen and oxygen atoms in total. The van der Waals surface area contributed by atoms with Gasteiger partial charge in [-0.1, -0.05) is 0 Å². The molecule has 0 atom stereocenters. The van der Waals surface area contributed by atoms with Gasteiger partial charge in [-0.25, -0.2) is 0 Å². The van der Waals surface area contributed by atoms with Gasteiger partial charge in [0.2, 0.25) is 0 Å². The summed E-state index contributed by atoms with van der Waals surface area (Å²) in [4.78, 5) is 26.7. The zero-order chi connectivity index (χ0) is 13.4. The van der Waals surface area contributed by atoms with Crippen LogP contribution in [0.15, 0.2) is 0 Å². The minimum Gasteiger partial charge on any atom is -0.550 e. The minimum atomic E-state index is -1.08. The van der Waals surface area contributed by atoms with E-state index in [1.54, 1.807) is 6.92 Å². The van der Waals surface area contributed by atoms with Crippen molar-refractivity contribution in [3.63, 3.8) is 0 Å². The maximum absolute atomic E-state index is 8.89. The molecule has 0 spiro atoms. The van der Waals surface area contributed by atoms with Gasteiger partial charge >= 0.3 is 35.6 Å². The van der Waals surface area contributed by atoms with Crippen LogP contribution in [0.1, 0.15) is 27.7 Å². The van der Waals surface area contributed by atoms with Gasteiger partial charge in [0, 0.05) is 24.5 Å². The van der Waals surface area contributed by atoms with Crippen molar-refractivity contribution in [1.29, 1.82) is 0 Å². The van der Waals surface area contributed by atoms with Crippen molar-refractivity contribution < 1.29 is 70.4 Å². The molecule has 0 unspecified atom stereocenters. The average Bonchev–Trinajstić information content (AvgIpc) is 1.81. The van der Waals surface area contributed by atoms with Crippen molar-refractivity contribution in [3.05, 3.63) is 0 Å². The summed E-state index contributed by atoms with van der Waals surface area (Å²) in [5.74, 6) is -3.25. The van der Waals surface area contributed by atoms with Gasteiger partial charge < -0.3 is 34.8 Å². The number of rotatable bonds is 0. The number of aliphatic hydroxyl groups is 1. The van der Waals surface area contributed by atoms with E-state index in [9.17, 15) is 0 Å². The molecule has 0 aromatic rings. The first kappa shape index (κ1) is 29.6. The number of carboxylic acids is 3. The maximum atomic E-state index is 8.89. The Kier molecular flexibility index (Phi) is 54.2. The average molecular weight is 362 g/mol. The molecule has 0 aromatic heterocycles. The fourth-order valence-corrected chi connectivity index (χ4v) is 0. The molecule has 0 aromatic carbocycles. The first-order chi connectivity index (χ1) is 6.61. The van der Waals surface area contributed by atoms with Crippen LogP contribution in [0.25, 0.3) is 0 Å². The molecule has 0 heterocycles. The number of aliphatic carboxylic acids is 3. The third-order valence-electron chi connectivity index (χ3n) is 0. The summed E-state index contributed by atoms with van der Waals surface area (Å²) in [7, 11) is 0. The van der Waals surface area contributed by atoms with Gasteiger partial charge in [0.25, 0.3) is 0 Å². The first-order valence-electron chi connectivity index (χ1n) is 3.75. The van der Waals surface area contributed by atoms with Crippen LogP contribution in [0.3, 0.4) is 0 Å². The summed E-state index contributed by atoms with van der Waals surface area (Å²) in [5.41, 5.74) is 0. The second-order valence-corrected chi connectivity index (χ2v) is 1.79. The number of carboxylic acid groups (broad SMARTS) is 3. The zero-order valence-corrected chi connectivity index (χ0v) is 13.3. The quantitative estimate of drug-likeness (QED) is 0.467. The molecule has 0 amide bonds. The number of carbonyl (C=O) groups excluding carboxylic acids is 3. The van der Waals surface area contributed by atoms with Gasteiger partial charge in [-0.3, -0.25) is 0 Å². The topological polar surface area (TPSA) is 141 Å². The number of hydrogen-bond acceptors (Lipinski definition) is 7. The van der Waals surface area contributed by atoms with E-state index in [1.165, 1.54) is 0 Å². The van der Waals surface area contributed by atoms with Crippen LogP contribution in [0.4, 0.5) is 0 Å². The van der Waals surface area contributed by atoms with E-state index in [0.717, 1.165) is 20.8 Å². The summed E-state index contributed by atoms with van der Waals surface area (Å²) in [5, 5.41) is 34.2. The molecule has 0 bridgehead atoms. The van der Waals surface area contributed by atoms with Crippen molar-refractivity contribution in [2.24, 2.45) is 0 Å². The third-order valence-corrected chi connectivity index (χ3v) is 0. The normalized spacial score (nSPS) is 5.81. The maximum Gasteiger partial charge on any atom is 3.00 e. The van der Waals surface area contributed by atoms with Crippen LogP contribution in [0.2, 0.25) is 0 Å². The second kappa shape index (κ2) is 29.3. The summed E-state index contributed by atoms with van der Waals surface area (Å²) < 4.78 is 0. The molecule has 16 heavy (non-hydrogen) atoms. The Labute approximate surface area is 122 Å². The summed E-state index contributed by atoms with van der Waals surface area (Å²) in [6, 6.07) is 0. The SMILES string of the molecule is CC(=O)[O-].CC(=O)[O-].CC(=O)[O-].CCO.[La+3]. The Bertz CT molecular complexity index is 129. The molecule has 0 aliphatic carbocycles. The van der Waals surface area contributed by atoms with E-state index < -0.39 is 17.9 Å². The Morgan fingerprint density at radius 1 is 0.875 bits per heavy atom. The molecule has 0 rings (SSSR count). The first-order valence-corrected chi connectivity index (χ1v) is 3.75. The Hall–Kier alpha value is -0.435. The third kappa shape index (κ3) is 11300. The molecule has 0 aliphatic heterocycles. The number of hydrogen-bond donors (Lipinski definition) is 1. The molecular formula is C8H15LaO7. The Balaban J connectivity index is -0.0000000331. The molecule has 0 aliphatic rings. The van der Waals surface area contributed by atoms with E-state index in [4.69, 9.17) is 34.8 Å². The molecule has 0 fully saturated rings. The monoisotopic (exact) mass is 362 g/mol. The molecule has 1 N–H and O–H groups in total. The largest absolute Gasteiger partial charge is 3.00 e. The van der Waals surface area contributed by atoms with Gasteiger partial charge in [0.1, 0.15) is 0 Å². The fourth-order valence-electron chi connectivity index (χ4n) is 0. The van der Waals surface area contributed by atoms with E-state index in [-0.39, 0.29) is 42.2 Å². The predicted molar refractivity (Wildman–Crippen MR) is 44.8 cm³/mol. The van der Waals surface area contributed by atoms with Gasteiger partial charge in [-0.15, -0.1) is 0 Å². The van der Waals surface area contributed by atoms with Gasteiger partial charge in [0.15, 0.2) is 0 Å².